The Morgan fingerprint density at radius 1 is 1.29 bits per heavy atom. The number of carbonyl (C=O) groups excluding carboxylic acids is 1. The Kier molecular flexibility index (Phi) is 4.62. The van der Waals surface area contributed by atoms with Crippen LogP contribution < -0.4 is 0 Å². The molecule has 0 bridgehead atoms. The van der Waals surface area contributed by atoms with Crippen molar-refractivity contribution in [3.05, 3.63) is 69.7 Å². The summed E-state index contributed by atoms with van der Waals surface area (Å²) in [5, 5.41) is 9.35. The molecule has 0 radical (unpaired) electrons. The molecular weight excluding hydrogens is 284 g/mol. The van der Waals surface area contributed by atoms with Gasteiger partial charge in [-0.25, -0.2) is 0 Å². The largest absolute Gasteiger partial charge is 0.337 e. The fraction of sp³-hybridized carbons (Fsp3) is 0.176. The van der Waals surface area contributed by atoms with Crippen LogP contribution in [-0.4, -0.2) is 17.9 Å². The van der Waals surface area contributed by atoms with Gasteiger partial charge in [0.25, 0.3) is 5.91 Å². The van der Waals surface area contributed by atoms with Crippen LogP contribution in [0.15, 0.2) is 42.5 Å². The molecule has 2 rings (SSSR count). The molecule has 0 spiro atoms. The number of aryl methyl sites for hydroxylation is 1. The van der Waals surface area contributed by atoms with Crippen LogP contribution in [0.3, 0.4) is 0 Å². The molecule has 21 heavy (non-hydrogen) atoms. The normalized spacial score (nSPS) is 10.0. The van der Waals surface area contributed by atoms with E-state index in [4.69, 9.17) is 16.9 Å². The Hall–Kier alpha value is -2.31. The molecule has 0 atom stereocenters. The molecule has 1 amide bonds. The van der Waals surface area contributed by atoms with E-state index in [1.165, 1.54) is 0 Å². The Labute approximate surface area is 129 Å². The molecule has 4 heteroatoms. The van der Waals surface area contributed by atoms with Crippen molar-refractivity contribution in [3.63, 3.8) is 0 Å². The first kappa shape index (κ1) is 15.1. The molecule has 0 aromatic heterocycles. The first-order valence-corrected chi connectivity index (χ1v) is 6.89. The van der Waals surface area contributed by atoms with E-state index in [1.807, 2.05) is 25.1 Å². The number of carbonyl (C=O) groups is 1. The summed E-state index contributed by atoms with van der Waals surface area (Å²) >= 11 is 6.13. The van der Waals surface area contributed by atoms with E-state index in [9.17, 15) is 4.79 Å². The second kappa shape index (κ2) is 6.43. The minimum absolute atomic E-state index is 0.137. The van der Waals surface area contributed by atoms with Crippen molar-refractivity contribution in [3.8, 4) is 6.07 Å². The highest BCUT2D eigenvalue weighted by atomic mass is 35.5. The molecule has 0 fully saturated rings. The zero-order chi connectivity index (χ0) is 15.4. The summed E-state index contributed by atoms with van der Waals surface area (Å²) in [6, 6.07) is 14.7. The average Bonchev–Trinajstić information content (AvgIpc) is 2.46. The lowest BCUT2D eigenvalue weighted by molar-refractivity contribution is 0.0785. The second-order valence-corrected chi connectivity index (χ2v) is 5.36. The average molecular weight is 299 g/mol. The highest BCUT2D eigenvalue weighted by Crippen LogP contribution is 2.20. The molecule has 0 saturated heterocycles. The SMILES string of the molecule is Cc1ccc(C(=O)N(C)Cc2cccc(C#N)c2)c(Cl)c1. The minimum Gasteiger partial charge on any atom is -0.337 e. The summed E-state index contributed by atoms with van der Waals surface area (Å²) in [6.45, 7) is 2.36. The highest BCUT2D eigenvalue weighted by molar-refractivity contribution is 6.33. The number of nitriles is 1. The lowest BCUT2D eigenvalue weighted by atomic mass is 10.1. The van der Waals surface area contributed by atoms with Gasteiger partial charge in [0.2, 0.25) is 0 Å². The summed E-state index contributed by atoms with van der Waals surface area (Å²) in [6.07, 6.45) is 0. The molecule has 0 aliphatic carbocycles. The van der Waals surface area contributed by atoms with Crippen molar-refractivity contribution in [2.24, 2.45) is 0 Å². The van der Waals surface area contributed by atoms with Gasteiger partial charge in [0.05, 0.1) is 22.2 Å². The smallest absolute Gasteiger partial charge is 0.255 e. The van der Waals surface area contributed by atoms with Gasteiger partial charge in [0.1, 0.15) is 0 Å². The quantitative estimate of drug-likeness (QED) is 0.865. The van der Waals surface area contributed by atoms with E-state index in [1.54, 1.807) is 36.2 Å². The van der Waals surface area contributed by atoms with Crippen molar-refractivity contribution in [1.29, 1.82) is 5.26 Å². The van der Waals surface area contributed by atoms with Crippen molar-refractivity contribution in [2.75, 3.05) is 7.05 Å². The lowest BCUT2D eigenvalue weighted by Gasteiger charge is -2.18. The molecular formula is C17H15ClN2O. The molecule has 106 valence electrons. The standard InChI is InChI=1S/C17H15ClN2O/c1-12-6-7-15(16(18)8-12)17(21)20(2)11-14-5-3-4-13(9-14)10-19/h3-9H,11H2,1-2H3. The number of halogens is 1. The Bertz CT molecular complexity index is 719. The van der Waals surface area contributed by atoms with E-state index < -0.39 is 0 Å². The molecule has 2 aromatic rings. The van der Waals surface area contributed by atoms with Crippen LogP contribution in [0.4, 0.5) is 0 Å². The first-order chi connectivity index (χ1) is 10.0. The van der Waals surface area contributed by atoms with Crippen LogP contribution in [0.25, 0.3) is 0 Å². The Morgan fingerprint density at radius 3 is 2.71 bits per heavy atom. The highest BCUT2D eigenvalue weighted by Gasteiger charge is 2.15. The predicted molar refractivity (Wildman–Crippen MR) is 83.1 cm³/mol. The van der Waals surface area contributed by atoms with Gasteiger partial charge in [-0.05, 0) is 42.3 Å². The van der Waals surface area contributed by atoms with E-state index in [2.05, 4.69) is 6.07 Å². The minimum atomic E-state index is -0.137. The number of benzene rings is 2. The van der Waals surface area contributed by atoms with Gasteiger partial charge in [0.15, 0.2) is 0 Å². The van der Waals surface area contributed by atoms with Crippen molar-refractivity contribution in [2.45, 2.75) is 13.5 Å². The monoisotopic (exact) mass is 298 g/mol. The topological polar surface area (TPSA) is 44.1 Å². The van der Waals surface area contributed by atoms with Crippen LogP contribution in [-0.2, 0) is 6.54 Å². The van der Waals surface area contributed by atoms with Crippen LogP contribution in [0.1, 0.15) is 27.0 Å². The molecule has 0 heterocycles. The van der Waals surface area contributed by atoms with Gasteiger partial charge in [-0.2, -0.15) is 5.26 Å². The maximum Gasteiger partial charge on any atom is 0.255 e. The first-order valence-electron chi connectivity index (χ1n) is 6.52. The summed E-state index contributed by atoms with van der Waals surface area (Å²) in [5.74, 6) is -0.137. The van der Waals surface area contributed by atoms with E-state index in [0.29, 0.717) is 22.7 Å². The Balaban J connectivity index is 2.17. The van der Waals surface area contributed by atoms with Gasteiger partial charge in [-0.15, -0.1) is 0 Å². The van der Waals surface area contributed by atoms with Gasteiger partial charge < -0.3 is 4.90 Å². The van der Waals surface area contributed by atoms with Crippen molar-refractivity contribution < 1.29 is 4.79 Å². The third-order valence-corrected chi connectivity index (χ3v) is 3.49. The van der Waals surface area contributed by atoms with E-state index >= 15 is 0 Å². The van der Waals surface area contributed by atoms with E-state index in [0.717, 1.165) is 11.1 Å². The maximum atomic E-state index is 12.4. The number of nitrogens with zero attached hydrogens (tertiary/aromatic N) is 2. The molecule has 0 aliphatic rings. The van der Waals surface area contributed by atoms with Gasteiger partial charge in [0, 0.05) is 13.6 Å². The summed E-state index contributed by atoms with van der Waals surface area (Å²) in [4.78, 5) is 14.0. The molecule has 2 aromatic carbocycles. The van der Waals surface area contributed by atoms with Crippen molar-refractivity contribution in [1.82, 2.24) is 4.90 Å². The summed E-state index contributed by atoms with van der Waals surface area (Å²) < 4.78 is 0. The predicted octanol–water partition coefficient (Wildman–Crippen LogP) is 3.79. The molecule has 0 saturated carbocycles. The molecule has 0 unspecified atom stereocenters. The molecule has 0 aliphatic heterocycles. The molecule has 3 nitrogen and oxygen atoms in total. The fourth-order valence-corrected chi connectivity index (χ4v) is 2.40. The van der Waals surface area contributed by atoms with Crippen molar-refractivity contribution >= 4 is 17.5 Å². The van der Waals surface area contributed by atoms with Crippen LogP contribution >= 0.6 is 11.6 Å². The summed E-state index contributed by atoms with van der Waals surface area (Å²) in [5.41, 5.74) is 3.00. The van der Waals surface area contributed by atoms with E-state index in [-0.39, 0.29) is 5.91 Å². The number of amides is 1. The third kappa shape index (κ3) is 3.62. The van der Waals surface area contributed by atoms with Crippen LogP contribution in [0, 0.1) is 18.3 Å². The number of rotatable bonds is 3. The van der Waals surface area contributed by atoms with Crippen LogP contribution in [0.5, 0.6) is 0 Å². The Morgan fingerprint density at radius 2 is 2.05 bits per heavy atom. The molecule has 0 N–H and O–H groups in total. The fourth-order valence-electron chi connectivity index (χ4n) is 2.08. The van der Waals surface area contributed by atoms with Gasteiger partial charge >= 0.3 is 0 Å². The van der Waals surface area contributed by atoms with Gasteiger partial charge in [-0.3, -0.25) is 4.79 Å². The zero-order valence-electron chi connectivity index (χ0n) is 11.9. The zero-order valence-corrected chi connectivity index (χ0v) is 12.7. The maximum absolute atomic E-state index is 12.4. The summed E-state index contributed by atoms with van der Waals surface area (Å²) in [7, 11) is 1.72. The second-order valence-electron chi connectivity index (χ2n) is 4.96. The van der Waals surface area contributed by atoms with Gasteiger partial charge in [-0.1, -0.05) is 29.8 Å². The lowest BCUT2D eigenvalue weighted by Crippen LogP contribution is -2.26. The number of hydrogen-bond donors (Lipinski definition) is 0. The third-order valence-electron chi connectivity index (χ3n) is 3.18. The van der Waals surface area contributed by atoms with Crippen LogP contribution in [0.2, 0.25) is 5.02 Å². The number of hydrogen-bond acceptors (Lipinski definition) is 2.